The van der Waals surface area contributed by atoms with Crippen molar-refractivity contribution in [2.75, 3.05) is 31.4 Å². The predicted molar refractivity (Wildman–Crippen MR) is 111 cm³/mol. The zero-order valence-electron chi connectivity index (χ0n) is 18.1. The first-order chi connectivity index (χ1) is 15.6. The van der Waals surface area contributed by atoms with Gasteiger partial charge in [-0.1, -0.05) is 0 Å². The zero-order valence-corrected chi connectivity index (χ0v) is 18.1. The number of carbonyl (C=O) groups excluding carboxylic acids is 3. The summed E-state index contributed by atoms with van der Waals surface area (Å²) in [7, 11) is 1.30. The lowest BCUT2D eigenvalue weighted by atomic mass is 10.3. The average Bonchev–Trinajstić information content (AvgIpc) is 2.78. The van der Waals surface area contributed by atoms with Gasteiger partial charge in [-0.2, -0.15) is 0 Å². The van der Waals surface area contributed by atoms with Gasteiger partial charge in [0.25, 0.3) is 0 Å². The van der Waals surface area contributed by atoms with E-state index in [-0.39, 0.29) is 30.9 Å². The highest BCUT2D eigenvalue weighted by atomic mass is 19.2. The van der Waals surface area contributed by atoms with Crippen molar-refractivity contribution >= 4 is 29.6 Å². The molecule has 0 aliphatic carbocycles. The van der Waals surface area contributed by atoms with Crippen LogP contribution in [-0.2, 0) is 28.6 Å². The lowest BCUT2D eigenvalue weighted by Crippen LogP contribution is -2.33. The topological polar surface area (TPSA) is 117 Å². The van der Waals surface area contributed by atoms with E-state index in [2.05, 4.69) is 10.1 Å². The summed E-state index contributed by atoms with van der Waals surface area (Å²) >= 11 is 0. The Hall–Kier alpha value is -3.67. The lowest BCUT2D eigenvalue weighted by Gasteiger charge is -2.16. The molecule has 12 heteroatoms. The van der Waals surface area contributed by atoms with Gasteiger partial charge in [0, 0.05) is 24.6 Å². The number of anilines is 2. The minimum Gasteiger partial charge on any atom is -0.463 e. The highest BCUT2D eigenvalue weighted by Crippen LogP contribution is 2.14. The molecule has 33 heavy (non-hydrogen) atoms. The molecule has 0 radical (unpaired) electrons. The molecule has 0 aliphatic rings. The number of aldehydes is 1. The van der Waals surface area contributed by atoms with Gasteiger partial charge in [0.05, 0.1) is 13.2 Å². The largest absolute Gasteiger partial charge is 0.463 e. The maximum absolute atomic E-state index is 12.9. The predicted octanol–water partition coefficient (Wildman–Crippen LogP) is 3.21. The Morgan fingerprint density at radius 2 is 1.48 bits per heavy atom. The third kappa shape index (κ3) is 12.1. The lowest BCUT2D eigenvalue weighted by molar-refractivity contribution is -0.153. The maximum atomic E-state index is 12.9. The van der Waals surface area contributed by atoms with Gasteiger partial charge in [-0.05, 0) is 44.2 Å². The van der Waals surface area contributed by atoms with Gasteiger partial charge in [0.1, 0.15) is 0 Å². The summed E-state index contributed by atoms with van der Waals surface area (Å²) in [5, 5.41) is 2.58. The van der Waals surface area contributed by atoms with Gasteiger partial charge >= 0.3 is 11.9 Å². The van der Waals surface area contributed by atoms with E-state index in [1.54, 1.807) is 13.8 Å². The highest BCUT2D eigenvalue weighted by Gasteiger charge is 2.19. The number of ether oxygens (including phenoxy) is 3. The second kappa shape index (κ2) is 16.0. The van der Waals surface area contributed by atoms with Crippen LogP contribution in [0.1, 0.15) is 13.8 Å². The molecule has 0 saturated heterocycles. The fourth-order valence-corrected chi connectivity index (χ4v) is 1.86. The molecule has 8 nitrogen and oxygen atoms in total. The van der Waals surface area contributed by atoms with Crippen LogP contribution < -0.4 is 11.1 Å². The standard InChI is InChI=1S/C11H13F2NO3.C6H5F2N.C4H6O3/c1-3-17-11(15)10(16-2)14-7-4-5-8(12)9(13)6-7;7-5-2-1-4(9)3-6(5)8;1-2-7-4(6)3-5/h4-6,10,14H,3H2,1-2H3;1-3H,9H2;3H,2H2,1H3. The Balaban J connectivity index is 0.000000534. The van der Waals surface area contributed by atoms with Crippen LogP contribution in [0, 0.1) is 23.3 Å². The Bertz CT molecular complexity index is 914. The molecule has 0 heterocycles. The molecular formula is C21H24F4N2O6. The van der Waals surface area contributed by atoms with Crippen LogP contribution >= 0.6 is 0 Å². The summed E-state index contributed by atoms with van der Waals surface area (Å²) in [5.41, 5.74) is 5.58. The fraction of sp³-hybridized carbons (Fsp3) is 0.286. The number of methoxy groups -OCH3 is 1. The minimum absolute atomic E-state index is 0.142. The molecule has 2 rings (SSSR count). The number of rotatable bonds is 7. The third-order valence-corrected chi connectivity index (χ3v) is 3.28. The normalized spacial score (nSPS) is 10.4. The van der Waals surface area contributed by atoms with Gasteiger partial charge < -0.3 is 25.3 Å². The van der Waals surface area contributed by atoms with Crippen LogP contribution in [0.25, 0.3) is 0 Å². The molecule has 0 amide bonds. The van der Waals surface area contributed by atoms with E-state index in [9.17, 15) is 31.9 Å². The smallest absolute Gasteiger partial charge is 0.371 e. The van der Waals surface area contributed by atoms with E-state index >= 15 is 0 Å². The number of hydrogen-bond acceptors (Lipinski definition) is 8. The zero-order chi connectivity index (χ0) is 25.4. The number of benzene rings is 2. The molecule has 3 N–H and O–H groups in total. The van der Waals surface area contributed by atoms with Gasteiger partial charge in [-0.15, -0.1) is 0 Å². The molecule has 0 aromatic heterocycles. The van der Waals surface area contributed by atoms with Gasteiger partial charge in [0.15, 0.2) is 23.3 Å². The third-order valence-electron chi connectivity index (χ3n) is 3.28. The van der Waals surface area contributed by atoms with Crippen LogP contribution in [0.5, 0.6) is 0 Å². The average molecular weight is 476 g/mol. The Labute approximate surface area is 187 Å². The molecule has 1 atom stereocenters. The van der Waals surface area contributed by atoms with Crippen LogP contribution in [0.4, 0.5) is 28.9 Å². The van der Waals surface area contributed by atoms with Crippen molar-refractivity contribution in [2.24, 2.45) is 0 Å². The SMILES string of the molecule is CCOC(=O)C(Nc1ccc(F)c(F)c1)OC.CCOC(=O)C=O.Nc1ccc(F)c(F)c1. The van der Waals surface area contributed by atoms with E-state index in [0.717, 1.165) is 24.3 Å². The summed E-state index contributed by atoms with van der Waals surface area (Å²) < 4.78 is 63.5. The molecule has 1 unspecified atom stereocenters. The monoisotopic (exact) mass is 476 g/mol. The molecule has 0 bridgehead atoms. The van der Waals surface area contributed by atoms with Crippen LogP contribution in [-0.4, -0.2) is 44.8 Å². The fourth-order valence-electron chi connectivity index (χ4n) is 1.86. The van der Waals surface area contributed by atoms with Crippen molar-refractivity contribution in [1.29, 1.82) is 0 Å². The Morgan fingerprint density at radius 1 is 0.939 bits per heavy atom. The number of nitrogens with two attached hydrogens (primary N) is 1. The van der Waals surface area contributed by atoms with E-state index < -0.39 is 41.4 Å². The molecule has 2 aromatic carbocycles. The molecule has 0 aliphatic heterocycles. The summed E-state index contributed by atoms with van der Waals surface area (Å²) in [6, 6.07) is 6.41. The Morgan fingerprint density at radius 3 is 1.88 bits per heavy atom. The van der Waals surface area contributed by atoms with Crippen molar-refractivity contribution in [3.63, 3.8) is 0 Å². The van der Waals surface area contributed by atoms with Crippen molar-refractivity contribution < 1.29 is 46.2 Å². The van der Waals surface area contributed by atoms with E-state index in [0.29, 0.717) is 0 Å². The van der Waals surface area contributed by atoms with E-state index in [1.807, 2.05) is 0 Å². The van der Waals surface area contributed by atoms with Crippen molar-refractivity contribution in [3.8, 4) is 0 Å². The van der Waals surface area contributed by atoms with Gasteiger partial charge in [-0.3, -0.25) is 4.79 Å². The number of nitrogens with one attached hydrogen (secondary N) is 1. The first-order valence-electron chi connectivity index (χ1n) is 9.32. The van der Waals surface area contributed by atoms with Crippen LogP contribution in [0.15, 0.2) is 36.4 Å². The number of halogens is 4. The van der Waals surface area contributed by atoms with Crippen molar-refractivity contribution in [2.45, 2.75) is 20.1 Å². The highest BCUT2D eigenvalue weighted by molar-refractivity contribution is 6.20. The minimum atomic E-state index is -1.06. The quantitative estimate of drug-likeness (QED) is 0.156. The molecular weight excluding hydrogens is 452 g/mol. The maximum Gasteiger partial charge on any atom is 0.371 e. The summed E-state index contributed by atoms with van der Waals surface area (Å²) in [5.74, 6) is -5.17. The van der Waals surface area contributed by atoms with Gasteiger partial charge in [-0.25, -0.2) is 27.2 Å². The second-order valence-electron chi connectivity index (χ2n) is 5.68. The van der Waals surface area contributed by atoms with Crippen molar-refractivity contribution in [1.82, 2.24) is 0 Å². The van der Waals surface area contributed by atoms with Crippen molar-refractivity contribution in [3.05, 3.63) is 59.7 Å². The first-order valence-corrected chi connectivity index (χ1v) is 9.32. The van der Waals surface area contributed by atoms with E-state index in [4.69, 9.17) is 15.2 Å². The van der Waals surface area contributed by atoms with Crippen LogP contribution in [0.2, 0.25) is 0 Å². The molecule has 182 valence electrons. The summed E-state index contributed by atoms with van der Waals surface area (Å²) in [4.78, 5) is 30.6. The summed E-state index contributed by atoms with van der Waals surface area (Å²) in [6.07, 6.45) is -0.913. The number of nitrogen functional groups attached to an aromatic ring is 1. The summed E-state index contributed by atoms with van der Waals surface area (Å²) in [6.45, 7) is 3.76. The number of carbonyl (C=O) groups is 3. The number of hydrogen-bond donors (Lipinski definition) is 2. The first kappa shape index (κ1) is 29.3. The van der Waals surface area contributed by atoms with E-state index in [1.165, 1.54) is 19.2 Å². The molecule has 2 aromatic rings. The molecule has 0 fully saturated rings. The number of esters is 2. The van der Waals surface area contributed by atoms with Gasteiger partial charge in [0.2, 0.25) is 12.5 Å². The Kier molecular flexibility index (Phi) is 14.2. The second-order valence-corrected chi connectivity index (χ2v) is 5.68. The van der Waals surface area contributed by atoms with Crippen LogP contribution in [0.3, 0.4) is 0 Å². The molecule has 0 saturated carbocycles. The molecule has 0 spiro atoms.